The van der Waals surface area contributed by atoms with E-state index in [0.717, 1.165) is 0 Å². The largest absolute Gasteiger partial charge is 0.444 e. The fourth-order valence-electron chi connectivity index (χ4n) is 2.12. The summed E-state index contributed by atoms with van der Waals surface area (Å²) in [4.78, 5) is 36.1. The molecule has 26 heavy (non-hydrogen) atoms. The summed E-state index contributed by atoms with van der Waals surface area (Å²) in [6.07, 6.45) is -0.186. The maximum atomic E-state index is 13.0. The molecule has 8 nitrogen and oxygen atoms in total. The number of hydrogen-bond acceptors (Lipinski definition) is 7. The second-order valence-electron chi connectivity index (χ2n) is 6.79. The van der Waals surface area contributed by atoms with Crippen LogP contribution in [0.15, 0.2) is 17.9 Å². The predicted molar refractivity (Wildman–Crippen MR) is 94.6 cm³/mol. The van der Waals surface area contributed by atoms with Gasteiger partial charge in [0.15, 0.2) is 0 Å². The standard InChI is InChI=1S/C16H18FN5O3S/c1-16(2,3)25-15(24)22-14-12(20-7-26-14)10-5-11(19-6-18-10)21-13(23)8-4-9(8)17/h5-9H,4H2,1-3H3,(H,22,24)(H,18,19,21,23)/t8-,9+/m0/s1. The van der Waals surface area contributed by atoms with E-state index in [2.05, 4.69) is 25.6 Å². The van der Waals surface area contributed by atoms with Gasteiger partial charge >= 0.3 is 6.09 Å². The fourth-order valence-corrected chi connectivity index (χ4v) is 2.80. The molecule has 0 spiro atoms. The zero-order valence-electron chi connectivity index (χ0n) is 14.4. The van der Waals surface area contributed by atoms with Crippen LogP contribution in [0, 0.1) is 5.92 Å². The molecule has 3 rings (SSSR count). The number of rotatable bonds is 4. The minimum Gasteiger partial charge on any atom is -0.444 e. The molecule has 0 aromatic carbocycles. The van der Waals surface area contributed by atoms with Crippen molar-refractivity contribution in [2.45, 2.75) is 39.0 Å². The van der Waals surface area contributed by atoms with Crippen LogP contribution in [0.4, 0.5) is 20.0 Å². The van der Waals surface area contributed by atoms with E-state index in [0.29, 0.717) is 16.4 Å². The van der Waals surface area contributed by atoms with Crippen LogP contribution in [-0.2, 0) is 9.53 Å². The molecule has 2 heterocycles. The van der Waals surface area contributed by atoms with Crippen molar-refractivity contribution in [2.24, 2.45) is 5.92 Å². The molecule has 2 N–H and O–H groups in total. The number of hydrogen-bond donors (Lipinski definition) is 2. The summed E-state index contributed by atoms with van der Waals surface area (Å²) in [6.45, 7) is 5.30. The predicted octanol–water partition coefficient (Wildman–Crippen LogP) is 3.24. The molecule has 0 unspecified atom stereocenters. The minimum atomic E-state index is -1.08. The lowest BCUT2D eigenvalue weighted by Crippen LogP contribution is -2.27. The SMILES string of the molecule is CC(C)(C)OC(=O)Nc1scnc1-c1cc(NC(=O)[C@H]2C[C@H]2F)ncn1. The van der Waals surface area contributed by atoms with Gasteiger partial charge in [-0.05, 0) is 27.2 Å². The summed E-state index contributed by atoms with van der Waals surface area (Å²) in [5.41, 5.74) is 1.77. The molecule has 2 atom stereocenters. The third-order valence-electron chi connectivity index (χ3n) is 3.39. The number of anilines is 2. The average molecular weight is 379 g/mol. The smallest absolute Gasteiger partial charge is 0.412 e. The number of ether oxygens (including phenoxy) is 1. The van der Waals surface area contributed by atoms with Crippen molar-refractivity contribution in [3.63, 3.8) is 0 Å². The first kappa shape index (κ1) is 18.2. The molecule has 1 aliphatic rings. The van der Waals surface area contributed by atoms with Crippen molar-refractivity contribution in [3.05, 3.63) is 17.9 Å². The van der Waals surface area contributed by atoms with Crippen LogP contribution in [0.5, 0.6) is 0 Å². The number of thiazole rings is 1. The van der Waals surface area contributed by atoms with Gasteiger partial charge in [-0.1, -0.05) is 0 Å². The minimum absolute atomic E-state index is 0.236. The maximum Gasteiger partial charge on any atom is 0.412 e. The van der Waals surface area contributed by atoms with Gasteiger partial charge in [-0.3, -0.25) is 10.1 Å². The summed E-state index contributed by atoms with van der Waals surface area (Å²) >= 11 is 1.21. The van der Waals surface area contributed by atoms with E-state index in [1.807, 2.05) is 0 Å². The molecular weight excluding hydrogens is 361 g/mol. The molecule has 0 radical (unpaired) electrons. The highest BCUT2D eigenvalue weighted by Crippen LogP contribution is 2.35. The molecule has 2 aromatic rings. The Bertz CT molecular complexity index is 835. The van der Waals surface area contributed by atoms with Gasteiger partial charge in [0.2, 0.25) is 5.91 Å². The molecule has 138 valence electrons. The molecule has 1 fully saturated rings. The lowest BCUT2D eigenvalue weighted by molar-refractivity contribution is -0.117. The lowest BCUT2D eigenvalue weighted by atomic mass is 10.2. The maximum absolute atomic E-state index is 13.0. The Labute approximate surface area is 153 Å². The van der Waals surface area contributed by atoms with Crippen molar-refractivity contribution in [1.29, 1.82) is 0 Å². The summed E-state index contributed by atoms with van der Waals surface area (Å²) in [6, 6.07) is 1.52. The van der Waals surface area contributed by atoms with Crippen LogP contribution in [-0.4, -0.2) is 38.7 Å². The van der Waals surface area contributed by atoms with Gasteiger partial charge in [0.25, 0.3) is 0 Å². The Morgan fingerprint density at radius 1 is 1.27 bits per heavy atom. The monoisotopic (exact) mass is 379 g/mol. The van der Waals surface area contributed by atoms with E-state index >= 15 is 0 Å². The van der Waals surface area contributed by atoms with Crippen LogP contribution in [0.2, 0.25) is 0 Å². The second kappa shape index (κ2) is 6.94. The van der Waals surface area contributed by atoms with E-state index in [1.165, 1.54) is 23.7 Å². The van der Waals surface area contributed by atoms with Crippen LogP contribution in [0.25, 0.3) is 11.4 Å². The van der Waals surface area contributed by atoms with Crippen molar-refractivity contribution < 1.29 is 18.7 Å². The van der Waals surface area contributed by atoms with Crippen LogP contribution >= 0.6 is 11.3 Å². The molecular formula is C16H18FN5O3S. The third-order valence-corrected chi connectivity index (χ3v) is 4.13. The Morgan fingerprint density at radius 2 is 2.00 bits per heavy atom. The van der Waals surface area contributed by atoms with Crippen LogP contribution in [0.1, 0.15) is 27.2 Å². The first-order chi connectivity index (χ1) is 12.2. The molecule has 1 aliphatic carbocycles. The number of nitrogens with one attached hydrogen (secondary N) is 2. The van der Waals surface area contributed by atoms with Crippen molar-refractivity contribution in [2.75, 3.05) is 10.6 Å². The summed E-state index contributed by atoms with van der Waals surface area (Å²) in [5, 5.41) is 5.66. The summed E-state index contributed by atoms with van der Waals surface area (Å²) in [7, 11) is 0. The van der Waals surface area contributed by atoms with Crippen molar-refractivity contribution in [1.82, 2.24) is 15.0 Å². The lowest BCUT2D eigenvalue weighted by Gasteiger charge is -2.19. The van der Waals surface area contributed by atoms with Crippen LogP contribution < -0.4 is 10.6 Å². The molecule has 0 aliphatic heterocycles. The Morgan fingerprint density at radius 3 is 2.65 bits per heavy atom. The number of carbonyl (C=O) groups excluding carboxylic acids is 2. The van der Waals surface area contributed by atoms with Crippen molar-refractivity contribution in [3.8, 4) is 11.4 Å². The first-order valence-electron chi connectivity index (χ1n) is 7.94. The third kappa shape index (κ3) is 4.51. The zero-order valence-corrected chi connectivity index (χ0v) is 15.3. The normalized spacial score (nSPS) is 18.9. The van der Waals surface area contributed by atoms with Gasteiger partial charge < -0.3 is 10.1 Å². The topological polar surface area (TPSA) is 106 Å². The molecule has 10 heteroatoms. The Kier molecular flexibility index (Phi) is 4.86. The molecule has 0 bridgehead atoms. The van der Waals surface area contributed by atoms with E-state index in [9.17, 15) is 14.0 Å². The zero-order chi connectivity index (χ0) is 18.9. The first-order valence-corrected chi connectivity index (χ1v) is 8.82. The fraction of sp³-hybridized carbons (Fsp3) is 0.438. The number of aromatic nitrogens is 3. The highest BCUT2D eigenvalue weighted by molar-refractivity contribution is 7.14. The highest BCUT2D eigenvalue weighted by Gasteiger charge is 2.43. The van der Waals surface area contributed by atoms with E-state index < -0.39 is 29.7 Å². The quantitative estimate of drug-likeness (QED) is 0.845. The summed E-state index contributed by atoms with van der Waals surface area (Å²) < 4.78 is 18.2. The van der Waals surface area contributed by atoms with E-state index in [1.54, 1.807) is 26.3 Å². The van der Waals surface area contributed by atoms with E-state index in [4.69, 9.17) is 4.74 Å². The van der Waals surface area contributed by atoms with Gasteiger partial charge in [-0.15, -0.1) is 11.3 Å². The van der Waals surface area contributed by atoms with E-state index in [-0.39, 0.29) is 12.2 Å². The number of carbonyl (C=O) groups is 2. The Hall–Kier alpha value is -2.62. The number of halogens is 1. The van der Waals surface area contributed by atoms with Gasteiger partial charge in [-0.25, -0.2) is 24.1 Å². The Balaban J connectivity index is 1.73. The van der Waals surface area contributed by atoms with Gasteiger partial charge in [0.1, 0.15) is 34.6 Å². The molecule has 1 saturated carbocycles. The molecule has 2 aromatic heterocycles. The number of amides is 2. The average Bonchev–Trinajstić information content (AvgIpc) is 3.09. The van der Waals surface area contributed by atoms with Crippen LogP contribution in [0.3, 0.4) is 0 Å². The van der Waals surface area contributed by atoms with Gasteiger partial charge in [-0.2, -0.15) is 0 Å². The molecule has 0 saturated heterocycles. The van der Waals surface area contributed by atoms with Gasteiger partial charge in [0, 0.05) is 6.07 Å². The summed E-state index contributed by atoms with van der Waals surface area (Å²) in [5.74, 6) is -0.778. The molecule has 2 amide bonds. The highest BCUT2D eigenvalue weighted by atomic mass is 32.1. The van der Waals surface area contributed by atoms with Crippen molar-refractivity contribution >= 4 is 34.2 Å². The number of nitrogens with zero attached hydrogens (tertiary/aromatic N) is 3. The number of alkyl halides is 1. The van der Waals surface area contributed by atoms with Gasteiger partial charge in [0.05, 0.1) is 17.1 Å². The second-order valence-corrected chi connectivity index (χ2v) is 7.65.